The molecule has 0 spiro atoms. The quantitative estimate of drug-likeness (QED) is 0.670. The highest BCUT2D eigenvalue weighted by Crippen LogP contribution is 2.11. The summed E-state index contributed by atoms with van der Waals surface area (Å²) in [7, 11) is 1.84. The predicted octanol–water partition coefficient (Wildman–Crippen LogP) is 1.44. The number of rotatable bonds is 1. The Morgan fingerprint density at radius 2 is 2.21 bits per heavy atom. The lowest BCUT2D eigenvalue weighted by molar-refractivity contribution is 0.938. The van der Waals surface area contributed by atoms with Crippen LogP contribution < -0.4 is 5.32 Å². The Morgan fingerprint density at radius 3 is 2.86 bits per heavy atom. The fraction of sp³-hybridized carbons (Fsp3) is 0.250. The molecular weight excluding hydrogens is 172 g/mol. The number of benzene rings is 1. The fourth-order valence-electron chi connectivity index (χ4n) is 1.15. The summed E-state index contributed by atoms with van der Waals surface area (Å²) < 4.78 is 0. The predicted molar refractivity (Wildman–Crippen MR) is 56.7 cm³/mol. The van der Waals surface area contributed by atoms with Crippen LogP contribution in [0.4, 0.5) is 0 Å². The van der Waals surface area contributed by atoms with Crippen LogP contribution in [0.15, 0.2) is 18.2 Å². The van der Waals surface area contributed by atoms with Gasteiger partial charge in [-0.25, -0.2) is 0 Å². The van der Waals surface area contributed by atoms with E-state index in [0.29, 0.717) is 12.1 Å². The molecule has 1 rings (SSSR count). The Hall–Kier alpha value is -1.77. The minimum atomic E-state index is 0.638. The molecule has 0 aromatic heterocycles. The van der Waals surface area contributed by atoms with E-state index >= 15 is 0 Å². The molecule has 0 heterocycles. The van der Waals surface area contributed by atoms with Crippen molar-refractivity contribution in [3.8, 4) is 17.9 Å². The average Bonchev–Trinajstić information content (AvgIpc) is 2.20. The molecule has 0 bridgehead atoms. The smallest absolute Gasteiger partial charge is 0.100 e. The SMILES string of the molecule is CNCC#Cc1c(C)cccc1C#N. The number of nitriles is 1. The maximum Gasteiger partial charge on any atom is 0.100 e. The maximum absolute atomic E-state index is 8.87. The Morgan fingerprint density at radius 1 is 1.43 bits per heavy atom. The Kier molecular flexibility index (Phi) is 3.73. The normalized spacial score (nSPS) is 8.64. The lowest BCUT2D eigenvalue weighted by Gasteiger charge is -1.99. The van der Waals surface area contributed by atoms with E-state index in [1.54, 1.807) is 6.07 Å². The van der Waals surface area contributed by atoms with Gasteiger partial charge < -0.3 is 5.32 Å². The zero-order chi connectivity index (χ0) is 10.4. The summed E-state index contributed by atoms with van der Waals surface area (Å²) in [5.74, 6) is 5.95. The molecule has 0 aliphatic rings. The van der Waals surface area contributed by atoms with Crippen LogP contribution >= 0.6 is 0 Å². The van der Waals surface area contributed by atoms with Crippen molar-refractivity contribution in [2.24, 2.45) is 0 Å². The van der Waals surface area contributed by atoms with E-state index in [1.807, 2.05) is 26.1 Å². The molecule has 0 radical (unpaired) electrons. The molecule has 0 fully saturated rings. The standard InChI is InChI=1S/C12H12N2/c1-10-5-3-6-11(9-13)12(10)7-4-8-14-2/h3,5-6,14H,8H2,1-2H3. The van der Waals surface area contributed by atoms with Gasteiger partial charge in [0.25, 0.3) is 0 Å². The minimum Gasteiger partial charge on any atom is -0.309 e. The zero-order valence-corrected chi connectivity index (χ0v) is 8.39. The van der Waals surface area contributed by atoms with Gasteiger partial charge >= 0.3 is 0 Å². The molecule has 2 heteroatoms. The number of nitrogens with one attached hydrogen (secondary N) is 1. The first kappa shape index (κ1) is 10.3. The lowest BCUT2D eigenvalue weighted by Crippen LogP contribution is -2.04. The van der Waals surface area contributed by atoms with Gasteiger partial charge in [-0.15, -0.1) is 0 Å². The Bertz CT molecular complexity index is 416. The van der Waals surface area contributed by atoms with E-state index < -0.39 is 0 Å². The molecule has 0 aliphatic carbocycles. The van der Waals surface area contributed by atoms with Crippen LogP contribution in [0, 0.1) is 30.1 Å². The molecule has 1 N–H and O–H groups in total. The van der Waals surface area contributed by atoms with Crippen LogP contribution in [0.3, 0.4) is 0 Å². The summed E-state index contributed by atoms with van der Waals surface area (Å²) in [6.45, 7) is 2.60. The molecule has 0 saturated heterocycles. The number of aryl methyl sites for hydroxylation is 1. The van der Waals surface area contributed by atoms with E-state index in [0.717, 1.165) is 11.1 Å². The molecule has 1 aromatic carbocycles. The van der Waals surface area contributed by atoms with Crippen molar-refractivity contribution in [2.75, 3.05) is 13.6 Å². The molecular formula is C12H12N2. The molecule has 0 aliphatic heterocycles. The van der Waals surface area contributed by atoms with E-state index in [-0.39, 0.29) is 0 Å². The van der Waals surface area contributed by atoms with Crippen LogP contribution in [-0.4, -0.2) is 13.6 Å². The Labute approximate surface area is 84.6 Å². The van der Waals surface area contributed by atoms with Gasteiger partial charge in [-0.1, -0.05) is 24.0 Å². The summed E-state index contributed by atoms with van der Waals surface area (Å²) in [4.78, 5) is 0. The van der Waals surface area contributed by atoms with Crippen molar-refractivity contribution >= 4 is 0 Å². The van der Waals surface area contributed by atoms with E-state index in [2.05, 4.69) is 23.2 Å². The second kappa shape index (κ2) is 5.07. The fourth-order valence-corrected chi connectivity index (χ4v) is 1.15. The van der Waals surface area contributed by atoms with Crippen molar-refractivity contribution in [3.63, 3.8) is 0 Å². The topological polar surface area (TPSA) is 35.8 Å². The van der Waals surface area contributed by atoms with Crippen LogP contribution in [0.2, 0.25) is 0 Å². The van der Waals surface area contributed by atoms with Crippen molar-refractivity contribution in [2.45, 2.75) is 6.92 Å². The first-order valence-electron chi connectivity index (χ1n) is 4.42. The molecule has 0 atom stereocenters. The third-order valence-corrected chi connectivity index (χ3v) is 1.87. The molecule has 1 aromatic rings. The molecule has 0 unspecified atom stereocenters. The van der Waals surface area contributed by atoms with Crippen molar-refractivity contribution in [1.29, 1.82) is 5.26 Å². The molecule has 70 valence electrons. The van der Waals surface area contributed by atoms with Gasteiger partial charge in [-0.05, 0) is 25.6 Å². The van der Waals surface area contributed by atoms with Gasteiger partial charge in [0.05, 0.1) is 12.1 Å². The Balaban J connectivity index is 3.08. The van der Waals surface area contributed by atoms with E-state index in [1.165, 1.54) is 0 Å². The summed E-state index contributed by atoms with van der Waals surface area (Å²) in [6.07, 6.45) is 0. The second-order valence-corrected chi connectivity index (χ2v) is 2.94. The van der Waals surface area contributed by atoms with E-state index in [9.17, 15) is 0 Å². The van der Waals surface area contributed by atoms with Gasteiger partial charge in [0.15, 0.2) is 0 Å². The van der Waals surface area contributed by atoms with Gasteiger partial charge in [-0.3, -0.25) is 0 Å². The van der Waals surface area contributed by atoms with Gasteiger partial charge in [0, 0.05) is 5.56 Å². The first-order valence-corrected chi connectivity index (χ1v) is 4.42. The first-order chi connectivity index (χ1) is 6.79. The van der Waals surface area contributed by atoms with Crippen LogP contribution in [0.25, 0.3) is 0 Å². The van der Waals surface area contributed by atoms with Crippen LogP contribution in [0.5, 0.6) is 0 Å². The lowest BCUT2D eigenvalue weighted by atomic mass is 10.0. The molecule has 2 nitrogen and oxygen atoms in total. The van der Waals surface area contributed by atoms with Crippen molar-refractivity contribution in [1.82, 2.24) is 5.32 Å². The van der Waals surface area contributed by atoms with Gasteiger partial charge in [-0.2, -0.15) is 5.26 Å². The van der Waals surface area contributed by atoms with Crippen LogP contribution in [-0.2, 0) is 0 Å². The number of nitrogens with zero attached hydrogens (tertiary/aromatic N) is 1. The third-order valence-electron chi connectivity index (χ3n) is 1.87. The number of hydrogen-bond donors (Lipinski definition) is 1. The summed E-state index contributed by atoms with van der Waals surface area (Å²) in [6, 6.07) is 7.76. The molecule has 0 amide bonds. The molecule has 0 saturated carbocycles. The highest BCUT2D eigenvalue weighted by atomic mass is 14.8. The monoisotopic (exact) mass is 184 g/mol. The zero-order valence-electron chi connectivity index (χ0n) is 8.39. The van der Waals surface area contributed by atoms with E-state index in [4.69, 9.17) is 5.26 Å². The van der Waals surface area contributed by atoms with Crippen molar-refractivity contribution in [3.05, 3.63) is 34.9 Å². The highest BCUT2D eigenvalue weighted by molar-refractivity contribution is 5.52. The van der Waals surface area contributed by atoms with Gasteiger partial charge in [0.1, 0.15) is 6.07 Å². The minimum absolute atomic E-state index is 0.638. The van der Waals surface area contributed by atoms with Gasteiger partial charge in [0.2, 0.25) is 0 Å². The summed E-state index contributed by atoms with van der Waals surface area (Å²) in [5, 5.41) is 11.8. The van der Waals surface area contributed by atoms with Crippen molar-refractivity contribution < 1.29 is 0 Å². The summed E-state index contributed by atoms with van der Waals surface area (Å²) in [5.41, 5.74) is 2.53. The number of hydrogen-bond acceptors (Lipinski definition) is 2. The molecule has 14 heavy (non-hydrogen) atoms. The average molecular weight is 184 g/mol. The van der Waals surface area contributed by atoms with Crippen LogP contribution in [0.1, 0.15) is 16.7 Å². The second-order valence-electron chi connectivity index (χ2n) is 2.94. The highest BCUT2D eigenvalue weighted by Gasteiger charge is 2.00. The largest absolute Gasteiger partial charge is 0.309 e. The summed E-state index contributed by atoms with van der Waals surface area (Å²) >= 11 is 0. The third kappa shape index (κ3) is 2.36. The maximum atomic E-state index is 8.87.